The van der Waals surface area contributed by atoms with Gasteiger partial charge in [0.2, 0.25) is 5.91 Å². The second-order valence-electron chi connectivity index (χ2n) is 5.28. The summed E-state index contributed by atoms with van der Waals surface area (Å²) in [5, 5.41) is 10.6. The molecule has 1 saturated heterocycles. The van der Waals surface area contributed by atoms with Gasteiger partial charge in [-0.15, -0.1) is 0 Å². The van der Waals surface area contributed by atoms with E-state index in [1.807, 2.05) is 24.4 Å². The molecule has 0 saturated carbocycles. The predicted octanol–water partition coefficient (Wildman–Crippen LogP) is 0.673. The van der Waals surface area contributed by atoms with E-state index >= 15 is 0 Å². The fourth-order valence-electron chi connectivity index (χ4n) is 2.77. The molecule has 0 radical (unpaired) electrons. The summed E-state index contributed by atoms with van der Waals surface area (Å²) in [4.78, 5) is 16.8. The van der Waals surface area contributed by atoms with E-state index in [0.29, 0.717) is 6.54 Å². The van der Waals surface area contributed by atoms with E-state index in [0.717, 1.165) is 31.5 Å². The van der Waals surface area contributed by atoms with Crippen LogP contribution in [0.3, 0.4) is 0 Å². The highest BCUT2D eigenvalue weighted by Crippen LogP contribution is 2.27. The van der Waals surface area contributed by atoms with Gasteiger partial charge in [0.15, 0.2) is 0 Å². The second-order valence-corrected chi connectivity index (χ2v) is 5.28. The van der Waals surface area contributed by atoms with Crippen molar-refractivity contribution in [1.82, 2.24) is 25.4 Å². The molecule has 0 atom stereocenters. The van der Waals surface area contributed by atoms with E-state index < -0.39 is 5.54 Å². The minimum absolute atomic E-state index is 0.0246. The van der Waals surface area contributed by atoms with Crippen LogP contribution < -0.4 is 10.6 Å². The summed E-state index contributed by atoms with van der Waals surface area (Å²) in [7, 11) is 0. The highest BCUT2D eigenvalue weighted by atomic mass is 16.2. The van der Waals surface area contributed by atoms with Crippen LogP contribution in [0.5, 0.6) is 0 Å². The van der Waals surface area contributed by atoms with Crippen molar-refractivity contribution in [2.45, 2.75) is 24.9 Å². The average molecular weight is 285 g/mol. The Morgan fingerprint density at radius 2 is 2.19 bits per heavy atom. The summed E-state index contributed by atoms with van der Waals surface area (Å²) in [5.41, 5.74) is 0.409. The summed E-state index contributed by atoms with van der Waals surface area (Å²) in [6, 6.07) is 5.68. The molecule has 0 unspecified atom stereocenters. The zero-order chi connectivity index (χ0) is 14.5. The topological polar surface area (TPSA) is 71.8 Å². The molecule has 1 aliphatic heterocycles. The fraction of sp³-hybridized carbons (Fsp3) is 0.400. The molecule has 1 fully saturated rings. The third-order valence-electron chi connectivity index (χ3n) is 3.97. The minimum atomic E-state index is -0.586. The number of nitrogens with one attached hydrogen (secondary N) is 2. The van der Waals surface area contributed by atoms with Crippen molar-refractivity contribution in [1.29, 1.82) is 0 Å². The van der Waals surface area contributed by atoms with Crippen molar-refractivity contribution >= 4 is 5.91 Å². The smallest absolute Gasteiger partial charge is 0.248 e. The number of amides is 1. The molecular weight excluding hydrogens is 266 g/mol. The van der Waals surface area contributed by atoms with Crippen LogP contribution in [-0.2, 0) is 16.9 Å². The standard InChI is InChI=1S/C15H19N5O/c21-14(18-12-13-3-1-6-17-11-13)15(4-8-16-9-5-15)20-10-2-7-19-20/h1-3,6-7,10-11,16H,4-5,8-9,12H2,(H,18,21). The van der Waals surface area contributed by atoms with Gasteiger partial charge in [0.1, 0.15) is 5.54 Å². The maximum atomic E-state index is 12.8. The quantitative estimate of drug-likeness (QED) is 0.866. The van der Waals surface area contributed by atoms with Crippen LogP contribution in [0.1, 0.15) is 18.4 Å². The largest absolute Gasteiger partial charge is 0.350 e. The molecule has 110 valence electrons. The summed E-state index contributed by atoms with van der Waals surface area (Å²) in [5.74, 6) is 0.0246. The molecule has 1 aliphatic rings. The molecular formula is C15H19N5O. The van der Waals surface area contributed by atoms with Gasteiger partial charge in [-0.05, 0) is 43.6 Å². The molecule has 21 heavy (non-hydrogen) atoms. The van der Waals surface area contributed by atoms with Crippen LogP contribution in [0.4, 0.5) is 0 Å². The van der Waals surface area contributed by atoms with Crippen LogP contribution in [0.25, 0.3) is 0 Å². The van der Waals surface area contributed by atoms with Crippen LogP contribution in [0.2, 0.25) is 0 Å². The van der Waals surface area contributed by atoms with E-state index in [1.165, 1.54) is 0 Å². The zero-order valence-corrected chi connectivity index (χ0v) is 11.8. The lowest BCUT2D eigenvalue weighted by Gasteiger charge is -2.36. The highest BCUT2D eigenvalue weighted by Gasteiger charge is 2.41. The lowest BCUT2D eigenvalue weighted by atomic mass is 9.87. The Balaban J connectivity index is 1.75. The molecule has 0 aromatic carbocycles. The Hall–Kier alpha value is -2.21. The van der Waals surface area contributed by atoms with Crippen molar-refractivity contribution in [3.63, 3.8) is 0 Å². The van der Waals surface area contributed by atoms with Gasteiger partial charge in [-0.2, -0.15) is 5.10 Å². The monoisotopic (exact) mass is 285 g/mol. The van der Waals surface area contributed by atoms with E-state index in [4.69, 9.17) is 0 Å². The normalized spacial score (nSPS) is 17.3. The average Bonchev–Trinajstić information content (AvgIpc) is 3.09. The first-order valence-corrected chi connectivity index (χ1v) is 7.19. The van der Waals surface area contributed by atoms with E-state index in [2.05, 4.69) is 20.7 Å². The van der Waals surface area contributed by atoms with Gasteiger partial charge >= 0.3 is 0 Å². The van der Waals surface area contributed by atoms with E-state index in [-0.39, 0.29) is 5.91 Å². The molecule has 0 spiro atoms. The van der Waals surface area contributed by atoms with Gasteiger partial charge in [0.25, 0.3) is 0 Å². The second kappa shape index (κ2) is 6.05. The first-order chi connectivity index (χ1) is 10.3. The number of rotatable bonds is 4. The van der Waals surface area contributed by atoms with Crippen molar-refractivity contribution in [3.05, 3.63) is 48.5 Å². The molecule has 2 aromatic rings. The SMILES string of the molecule is O=C(NCc1cccnc1)C1(n2cccn2)CCNCC1. The number of aromatic nitrogens is 3. The van der Waals surface area contributed by atoms with Crippen molar-refractivity contribution in [3.8, 4) is 0 Å². The summed E-state index contributed by atoms with van der Waals surface area (Å²) in [6.45, 7) is 2.13. The number of carbonyl (C=O) groups is 1. The van der Waals surface area contributed by atoms with Gasteiger partial charge in [0, 0.05) is 31.3 Å². The molecule has 0 bridgehead atoms. The minimum Gasteiger partial charge on any atom is -0.350 e. The Morgan fingerprint density at radius 3 is 2.86 bits per heavy atom. The van der Waals surface area contributed by atoms with Crippen molar-refractivity contribution in [2.24, 2.45) is 0 Å². The van der Waals surface area contributed by atoms with Crippen molar-refractivity contribution in [2.75, 3.05) is 13.1 Å². The molecule has 1 amide bonds. The third-order valence-corrected chi connectivity index (χ3v) is 3.97. The number of hydrogen-bond donors (Lipinski definition) is 2. The first-order valence-electron chi connectivity index (χ1n) is 7.19. The summed E-state index contributed by atoms with van der Waals surface area (Å²) >= 11 is 0. The van der Waals surface area contributed by atoms with Crippen molar-refractivity contribution < 1.29 is 4.79 Å². The summed E-state index contributed by atoms with van der Waals surface area (Å²) in [6.07, 6.45) is 8.57. The Bertz CT molecular complexity index is 575. The first kappa shape index (κ1) is 13.8. The maximum Gasteiger partial charge on any atom is 0.248 e. The van der Waals surface area contributed by atoms with E-state index in [1.54, 1.807) is 23.3 Å². The van der Waals surface area contributed by atoms with Gasteiger partial charge in [0.05, 0.1) is 0 Å². The zero-order valence-electron chi connectivity index (χ0n) is 11.8. The summed E-state index contributed by atoms with van der Waals surface area (Å²) < 4.78 is 1.80. The molecule has 2 N–H and O–H groups in total. The van der Waals surface area contributed by atoms with Gasteiger partial charge in [-0.3, -0.25) is 14.5 Å². The Morgan fingerprint density at radius 1 is 1.33 bits per heavy atom. The third kappa shape index (κ3) is 2.80. The molecule has 3 heterocycles. The Labute approximate surface area is 123 Å². The van der Waals surface area contributed by atoms with Gasteiger partial charge in [-0.25, -0.2) is 0 Å². The molecule has 0 aliphatic carbocycles. The van der Waals surface area contributed by atoms with Crippen LogP contribution in [0, 0.1) is 0 Å². The molecule has 6 heteroatoms. The number of carbonyl (C=O) groups excluding carboxylic acids is 1. The fourth-order valence-corrected chi connectivity index (χ4v) is 2.77. The van der Waals surface area contributed by atoms with Gasteiger partial charge in [-0.1, -0.05) is 6.07 Å². The van der Waals surface area contributed by atoms with Crippen LogP contribution >= 0.6 is 0 Å². The Kier molecular flexibility index (Phi) is 3.96. The number of hydrogen-bond acceptors (Lipinski definition) is 4. The van der Waals surface area contributed by atoms with E-state index in [9.17, 15) is 4.79 Å². The molecule has 3 rings (SSSR count). The number of piperidine rings is 1. The van der Waals surface area contributed by atoms with Crippen LogP contribution in [0.15, 0.2) is 43.0 Å². The van der Waals surface area contributed by atoms with Gasteiger partial charge < -0.3 is 10.6 Å². The van der Waals surface area contributed by atoms with Crippen LogP contribution in [-0.4, -0.2) is 33.8 Å². The number of nitrogens with zero attached hydrogens (tertiary/aromatic N) is 3. The lowest BCUT2D eigenvalue weighted by Crippen LogP contribution is -2.54. The maximum absolute atomic E-state index is 12.8. The predicted molar refractivity (Wildman–Crippen MR) is 78.4 cm³/mol. The molecule has 6 nitrogen and oxygen atoms in total. The number of pyridine rings is 1. The molecule has 2 aromatic heterocycles. The lowest BCUT2D eigenvalue weighted by molar-refractivity contribution is -0.132. The highest BCUT2D eigenvalue weighted by molar-refractivity contribution is 5.84.